The molecule has 1 aliphatic rings. The van der Waals surface area contributed by atoms with Crippen LogP contribution in [0.15, 0.2) is 53.4 Å². The molecule has 0 aromatic heterocycles. The van der Waals surface area contributed by atoms with Gasteiger partial charge in [-0.1, -0.05) is 35.9 Å². The average Bonchev–Trinajstić information content (AvgIpc) is 2.48. The second kappa shape index (κ2) is 5.44. The fourth-order valence-corrected chi connectivity index (χ4v) is 4.56. The molecule has 1 aliphatic heterocycles. The predicted octanol–water partition coefficient (Wildman–Crippen LogP) is 3.65. The number of sulfonamides is 1. The first-order chi connectivity index (χ1) is 10.00. The maximum atomic E-state index is 12.8. The Bertz CT molecular complexity index is 756. The molecule has 1 atom stereocenters. The predicted molar refractivity (Wildman–Crippen MR) is 83.9 cm³/mol. The minimum Gasteiger partial charge on any atom is -0.207 e. The minimum atomic E-state index is -3.50. The Labute approximate surface area is 130 Å². The van der Waals surface area contributed by atoms with Crippen molar-refractivity contribution in [2.24, 2.45) is 0 Å². The van der Waals surface area contributed by atoms with Gasteiger partial charge in [-0.3, -0.25) is 0 Å². The van der Waals surface area contributed by atoms with Crippen molar-refractivity contribution in [1.29, 1.82) is 0 Å². The molecule has 0 N–H and O–H groups in total. The van der Waals surface area contributed by atoms with E-state index < -0.39 is 10.0 Å². The van der Waals surface area contributed by atoms with Crippen LogP contribution in [0.1, 0.15) is 24.1 Å². The number of nitrogens with zero attached hydrogens (tertiary/aromatic N) is 1. The highest BCUT2D eigenvalue weighted by atomic mass is 35.5. The van der Waals surface area contributed by atoms with Gasteiger partial charge in [-0.25, -0.2) is 8.42 Å². The summed E-state index contributed by atoms with van der Waals surface area (Å²) in [6, 6.07) is 14.2. The van der Waals surface area contributed by atoms with Crippen LogP contribution in [0, 0.1) is 0 Å². The summed E-state index contributed by atoms with van der Waals surface area (Å²) in [5.41, 5.74) is 2.31. The normalized spacial score (nSPS) is 19.2. The summed E-state index contributed by atoms with van der Waals surface area (Å²) in [4.78, 5) is 0.290. The van der Waals surface area contributed by atoms with Crippen LogP contribution in [0.2, 0.25) is 5.02 Å². The van der Waals surface area contributed by atoms with Gasteiger partial charge in [0.05, 0.1) is 4.90 Å². The Morgan fingerprint density at radius 3 is 2.48 bits per heavy atom. The van der Waals surface area contributed by atoms with Crippen LogP contribution >= 0.6 is 11.6 Å². The fourth-order valence-electron chi connectivity index (χ4n) is 2.82. The summed E-state index contributed by atoms with van der Waals surface area (Å²) in [5, 5.41) is 0.533. The molecule has 0 amide bonds. The molecule has 0 saturated heterocycles. The van der Waals surface area contributed by atoms with Gasteiger partial charge in [-0.15, -0.1) is 0 Å². The summed E-state index contributed by atoms with van der Waals surface area (Å²) in [5.74, 6) is 0. The van der Waals surface area contributed by atoms with E-state index in [4.69, 9.17) is 11.6 Å². The molecule has 3 rings (SSSR count). The summed E-state index contributed by atoms with van der Waals surface area (Å²) >= 11 is 5.83. The van der Waals surface area contributed by atoms with Crippen molar-refractivity contribution >= 4 is 21.6 Å². The molecule has 0 aliphatic carbocycles. The van der Waals surface area contributed by atoms with E-state index in [1.54, 1.807) is 28.6 Å². The Morgan fingerprint density at radius 2 is 1.76 bits per heavy atom. The van der Waals surface area contributed by atoms with Gasteiger partial charge in [0, 0.05) is 17.6 Å². The van der Waals surface area contributed by atoms with Crippen molar-refractivity contribution in [2.45, 2.75) is 24.3 Å². The number of rotatable bonds is 2. The topological polar surface area (TPSA) is 37.4 Å². The number of halogens is 1. The second-order valence-electron chi connectivity index (χ2n) is 5.19. The van der Waals surface area contributed by atoms with Crippen molar-refractivity contribution in [3.63, 3.8) is 0 Å². The van der Waals surface area contributed by atoms with E-state index in [2.05, 4.69) is 6.07 Å². The molecular formula is C16H16ClNO2S. The van der Waals surface area contributed by atoms with Crippen molar-refractivity contribution in [3.05, 3.63) is 64.7 Å². The second-order valence-corrected chi connectivity index (χ2v) is 7.52. The fraction of sp³-hybridized carbons (Fsp3) is 0.250. The molecule has 0 spiro atoms. The summed E-state index contributed by atoms with van der Waals surface area (Å²) in [6.45, 7) is 2.44. The molecule has 0 bridgehead atoms. The SMILES string of the molecule is CC1c2ccccc2CCN1S(=O)(=O)c1ccc(Cl)cc1. The van der Waals surface area contributed by atoms with E-state index in [-0.39, 0.29) is 10.9 Å². The number of hydrogen-bond donors (Lipinski definition) is 0. The molecule has 5 heteroatoms. The molecule has 1 heterocycles. The summed E-state index contributed by atoms with van der Waals surface area (Å²) in [6.07, 6.45) is 0.743. The van der Waals surface area contributed by atoms with Crippen LogP contribution in [-0.4, -0.2) is 19.3 Å². The molecule has 3 nitrogen and oxygen atoms in total. The van der Waals surface area contributed by atoms with Crippen LogP contribution in [0.5, 0.6) is 0 Å². The van der Waals surface area contributed by atoms with Crippen molar-refractivity contribution < 1.29 is 8.42 Å². The van der Waals surface area contributed by atoms with Crippen molar-refractivity contribution in [2.75, 3.05) is 6.54 Å². The zero-order valence-corrected chi connectivity index (χ0v) is 13.2. The van der Waals surface area contributed by atoms with Gasteiger partial charge in [0.1, 0.15) is 0 Å². The molecule has 0 fully saturated rings. The van der Waals surface area contributed by atoms with E-state index >= 15 is 0 Å². The standard InChI is InChI=1S/C16H16ClNO2S/c1-12-16-5-3-2-4-13(16)10-11-18(12)21(19,20)15-8-6-14(17)7-9-15/h2-9,12H,10-11H2,1H3. The van der Waals surface area contributed by atoms with Crippen LogP contribution in [0.25, 0.3) is 0 Å². The third kappa shape index (κ3) is 2.59. The Kier molecular flexibility index (Phi) is 3.78. The summed E-state index contributed by atoms with van der Waals surface area (Å²) < 4.78 is 27.2. The molecule has 21 heavy (non-hydrogen) atoms. The Balaban J connectivity index is 1.99. The number of hydrogen-bond acceptors (Lipinski definition) is 2. The molecule has 1 unspecified atom stereocenters. The first-order valence-electron chi connectivity index (χ1n) is 6.85. The molecule has 0 saturated carbocycles. The zero-order valence-electron chi connectivity index (χ0n) is 11.7. The largest absolute Gasteiger partial charge is 0.243 e. The highest BCUT2D eigenvalue weighted by Crippen LogP contribution is 2.33. The van der Waals surface area contributed by atoms with Crippen LogP contribution in [0.4, 0.5) is 0 Å². The molecule has 0 radical (unpaired) electrons. The van der Waals surface area contributed by atoms with Crippen molar-refractivity contribution in [1.82, 2.24) is 4.31 Å². The zero-order chi connectivity index (χ0) is 15.0. The lowest BCUT2D eigenvalue weighted by Crippen LogP contribution is -2.38. The van der Waals surface area contributed by atoms with E-state index in [1.807, 2.05) is 25.1 Å². The van der Waals surface area contributed by atoms with Crippen LogP contribution in [-0.2, 0) is 16.4 Å². The Hall–Kier alpha value is -1.36. The third-order valence-electron chi connectivity index (χ3n) is 3.96. The van der Waals surface area contributed by atoms with Crippen LogP contribution < -0.4 is 0 Å². The lowest BCUT2D eigenvalue weighted by atomic mass is 9.96. The van der Waals surface area contributed by atoms with E-state index in [0.29, 0.717) is 11.6 Å². The number of fused-ring (bicyclic) bond motifs is 1. The van der Waals surface area contributed by atoms with E-state index in [9.17, 15) is 8.42 Å². The van der Waals surface area contributed by atoms with Gasteiger partial charge in [-0.05, 0) is 48.7 Å². The Morgan fingerprint density at radius 1 is 1.10 bits per heavy atom. The first-order valence-corrected chi connectivity index (χ1v) is 8.67. The van der Waals surface area contributed by atoms with Crippen LogP contribution in [0.3, 0.4) is 0 Å². The molecular weight excluding hydrogens is 306 g/mol. The quantitative estimate of drug-likeness (QED) is 0.846. The molecule has 2 aromatic carbocycles. The lowest BCUT2D eigenvalue weighted by molar-refractivity contribution is 0.326. The van der Waals surface area contributed by atoms with E-state index in [0.717, 1.165) is 12.0 Å². The highest BCUT2D eigenvalue weighted by Gasteiger charge is 2.33. The molecule has 110 valence electrons. The highest BCUT2D eigenvalue weighted by molar-refractivity contribution is 7.89. The first kappa shape index (κ1) is 14.6. The van der Waals surface area contributed by atoms with Gasteiger partial charge >= 0.3 is 0 Å². The summed E-state index contributed by atoms with van der Waals surface area (Å²) in [7, 11) is -3.50. The van der Waals surface area contributed by atoms with Gasteiger partial charge in [0.25, 0.3) is 0 Å². The van der Waals surface area contributed by atoms with Gasteiger partial charge in [0.15, 0.2) is 0 Å². The smallest absolute Gasteiger partial charge is 0.207 e. The third-order valence-corrected chi connectivity index (χ3v) is 6.20. The maximum Gasteiger partial charge on any atom is 0.243 e. The minimum absolute atomic E-state index is 0.157. The maximum absolute atomic E-state index is 12.8. The van der Waals surface area contributed by atoms with Gasteiger partial charge in [-0.2, -0.15) is 4.31 Å². The monoisotopic (exact) mass is 321 g/mol. The molecule has 2 aromatic rings. The van der Waals surface area contributed by atoms with E-state index in [1.165, 1.54) is 5.56 Å². The lowest BCUT2D eigenvalue weighted by Gasteiger charge is -2.34. The van der Waals surface area contributed by atoms with Gasteiger partial charge in [0.2, 0.25) is 10.0 Å². The number of benzene rings is 2. The van der Waals surface area contributed by atoms with Gasteiger partial charge < -0.3 is 0 Å². The van der Waals surface area contributed by atoms with Crippen molar-refractivity contribution in [3.8, 4) is 0 Å². The average molecular weight is 322 g/mol.